The lowest BCUT2D eigenvalue weighted by Gasteiger charge is -2.03. The average Bonchev–Trinajstić information content (AvgIpc) is 2.86. The van der Waals surface area contributed by atoms with Crippen LogP contribution in [0.1, 0.15) is 59.3 Å². The summed E-state index contributed by atoms with van der Waals surface area (Å²) in [4.78, 5) is 8.53. The summed E-state index contributed by atoms with van der Waals surface area (Å²) in [5, 5.41) is 0.459. The van der Waals surface area contributed by atoms with Crippen molar-refractivity contribution in [3.8, 4) is 0 Å². The van der Waals surface area contributed by atoms with Gasteiger partial charge in [-0.3, -0.25) is 0 Å². The van der Waals surface area contributed by atoms with E-state index in [4.69, 9.17) is 11.6 Å². The maximum absolute atomic E-state index is 5.84. The maximum Gasteiger partial charge on any atom is 0.160 e. The zero-order valence-electron chi connectivity index (χ0n) is 12.9. The van der Waals surface area contributed by atoms with Crippen molar-refractivity contribution >= 4 is 22.8 Å². The summed E-state index contributed by atoms with van der Waals surface area (Å²) in [6, 6.07) is 1.98. The van der Waals surface area contributed by atoms with Gasteiger partial charge in [-0.25, -0.2) is 9.97 Å². The highest BCUT2D eigenvalue weighted by Crippen LogP contribution is 2.14. The van der Waals surface area contributed by atoms with E-state index in [1.165, 1.54) is 38.5 Å². The van der Waals surface area contributed by atoms with Crippen molar-refractivity contribution in [2.24, 2.45) is 0 Å². The molecule has 0 aromatic carbocycles. The van der Waals surface area contributed by atoms with Crippen molar-refractivity contribution in [2.45, 2.75) is 65.8 Å². The van der Waals surface area contributed by atoms with Crippen LogP contribution in [0.5, 0.6) is 0 Å². The number of rotatable bonds is 6. The average molecular weight is 296 g/mol. The molecule has 0 atom stereocenters. The molecule has 2 rings (SSSR count). The quantitative estimate of drug-likeness (QED) is 0.661. The molecule has 112 valence electrons. The van der Waals surface area contributed by atoms with Gasteiger partial charge in [-0.05, 0) is 12.5 Å². The van der Waals surface area contributed by atoms with Crippen LogP contribution in [-0.4, -0.2) is 14.5 Å². The number of unbranched alkanes of at least 4 members (excludes halogenated alkanes) is 4. The molecular formula is C16H26ClN3. The van der Waals surface area contributed by atoms with Crippen LogP contribution in [0.4, 0.5) is 0 Å². The van der Waals surface area contributed by atoms with E-state index in [9.17, 15) is 0 Å². The van der Waals surface area contributed by atoms with Gasteiger partial charge in [-0.15, -0.1) is 0 Å². The number of halogens is 1. The summed E-state index contributed by atoms with van der Waals surface area (Å²) in [6.45, 7) is 7.58. The number of hydrogen-bond donors (Lipinski definition) is 0. The topological polar surface area (TPSA) is 30.7 Å². The first-order valence-electron chi connectivity index (χ1n) is 7.70. The minimum Gasteiger partial charge on any atom is -0.331 e. The van der Waals surface area contributed by atoms with Crippen LogP contribution in [-0.2, 0) is 6.54 Å². The zero-order chi connectivity index (χ0) is 14.8. The zero-order valence-corrected chi connectivity index (χ0v) is 13.7. The normalized spacial score (nSPS) is 10.4. The standard InChI is InChI=1S/C12H16ClN3.C4H10/c1-2-3-4-5-7-16-8-6-10-12(16)15-11(13)9-14-10;1-3-4-2/h6,8-9H,2-5,7H2,1H3;3-4H2,1-2H3. The van der Waals surface area contributed by atoms with Gasteiger partial charge in [0.2, 0.25) is 0 Å². The number of nitrogens with zero attached hydrogens (tertiary/aromatic N) is 3. The van der Waals surface area contributed by atoms with Crippen LogP contribution in [0.15, 0.2) is 18.5 Å². The smallest absolute Gasteiger partial charge is 0.160 e. The van der Waals surface area contributed by atoms with Crippen molar-refractivity contribution in [3.05, 3.63) is 23.6 Å². The van der Waals surface area contributed by atoms with Gasteiger partial charge in [0.1, 0.15) is 10.7 Å². The van der Waals surface area contributed by atoms with Crippen molar-refractivity contribution < 1.29 is 0 Å². The van der Waals surface area contributed by atoms with Crippen molar-refractivity contribution in [1.29, 1.82) is 0 Å². The summed E-state index contributed by atoms with van der Waals surface area (Å²) in [5.41, 5.74) is 1.81. The van der Waals surface area contributed by atoms with Crippen molar-refractivity contribution in [1.82, 2.24) is 14.5 Å². The second-order valence-corrected chi connectivity index (χ2v) is 5.36. The first kappa shape index (κ1) is 17.0. The largest absolute Gasteiger partial charge is 0.331 e. The van der Waals surface area contributed by atoms with Crippen LogP contribution in [0, 0.1) is 0 Å². The third kappa shape index (κ3) is 5.49. The number of aromatic nitrogens is 3. The van der Waals surface area contributed by atoms with Gasteiger partial charge in [0.15, 0.2) is 5.65 Å². The maximum atomic E-state index is 5.84. The van der Waals surface area contributed by atoms with E-state index in [-0.39, 0.29) is 0 Å². The number of aryl methyl sites for hydroxylation is 1. The predicted molar refractivity (Wildman–Crippen MR) is 87.3 cm³/mol. The fraction of sp³-hybridized carbons (Fsp3) is 0.625. The second kappa shape index (κ2) is 9.76. The molecule has 4 heteroatoms. The van der Waals surface area contributed by atoms with Gasteiger partial charge in [0.05, 0.1) is 6.20 Å². The van der Waals surface area contributed by atoms with Gasteiger partial charge in [-0.2, -0.15) is 0 Å². The molecule has 0 unspecified atom stereocenters. The fourth-order valence-electron chi connectivity index (χ4n) is 1.82. The van der Waals surface area contributed by atoms with Crippen LogP contribution >= 0.6 is 11.6 Å². The van der Waals surface area contributed by atoms with E-state index in [2.05, 4.69) is 35.3 Å². The van der Waals surface area contributed by atoms with E-state index in [0.29, 0.717) is 5.15 Å². The second-order valence-electron chi connectivity index (χ2n) is 4.97. The molecular weight excluding hydrogens is 270 g/mol. The van der Waals surface area contributed by atoms with E-state index in [0.717, 1.165) is 17.7 Å². The minimum atomic E-state index is 0.459. The van der Waals surface area contributed by atoms with E-state index in [1.807, 2.05) is 12.3 Å². The molecule has 0 aliphatic rings. The van der Waals surface area contributed by atoms with Crippen LogP contribution in [0.25, 0.3) is 11.2 Å². The molecule has 0 N–H and O–H groups in total. The number of fused-ring (bicyclic) bond motifs is 1. The lowest BCUT2D eigenvalue weighted by Crippen LogP contribution is -1.98. The van der Waals surface area contributed by atoms with Crippen LogP contribution < -0.4 is 0 Å². The Bertz CT molecular complexity index is 491. The summed E-state index contributed by atoms with van der Waals surface area (Å²) >= 11 is 5.84. The molecule has 0 aliphatic carbocycles. The molecule has 3 nitrogen and oxygen atoms in total. The number of hydrogen-bond acceptors (Lipinski definition) is 2. The Morgan fingerprint density at radius 2 is 1.80 bits per heavy atom. The molecule has 20 heavy (non-hydrogen) atoms. The monoisotopic (exact) mass is 295 g/mol. The Morgan fingerprint density at radius 3 is 2.45 bits per heavy atom. The van der Waals surface area contributed by atoms with Gasteiger partial charge in [0, 0.05) is 12.7 Å². The Labute approximate surface area is 127 Å². The van der Waals surface area contributed by atoms with Crippen LogP contribution in [0.2, 0.25) is 5.15 Å². The molecule has 2 aromatic rings. The SMILES string of the molecule is CCCC.CCCCCCn1ccc2ncc(Cl)nc21. The first-order valence-corrected chi connectivity index (χ1v) is 8.08. The van der Waals surface area contributed by atoms with Gasteiger partial charge < -0.3 is 4.57 Å². The minimum absolute atomic E-state index is 0.459. The fourth-order valence-corrected chi connectivity index (χ4v) is 1.95. The van der Waals surface area contributed by atoms with Gasteiger partial charge >= 0.3 is 0 Å². The highest BCUT2D eigenvalue weighted by molar-refractivity contribution is 6.29. The molecule has 2 aromatic heterocycles. The van der Waals surface area contributed by atoms with E-state index in [1.54, 1.807) is 6.20 Å². The summed E-state index contributed by atoms with van der Waals surface area (Å²) in [6.07, 6.45) is 11.3. The summed E-state index contributed by atoms with van der Waals surface area (Å²) in [7, 11) is 0. The Balaban J connectivity index is 0.000000444. The highest BCUT2D eigenvalue weighted by Gasteiger charge is 2.03. The third-order valence-corrected chi connectivity index (χ3v) is 3.37. The Hall–Kier alpha value is -1.09. The molecule has 0 bridgehead atoms. The van der Waals surface area contributed by atoms with Gasteiger partial charge in [0.25, 0.3) is 0 Å². The molecule has 0 aliphatic heterocycles. The molecule has 0 radical (unpaired) electrons. The van der Waals surface area contributed by atoms with Gasteiger partial charge in [-0.1, -0.05) is 64.5 Å². The summed E-state index contributed by atoms with van der Waals surface area (Å²) in [5.74, 6) is 0. The Morgan fingerprint density at radius 1 is 1.05 bits per heavy atom. The molecule has 0 fully saturated rings. The molecule has 0 saturated carbocycles. The summed E-state index contributed by atoms with van der Waals surface area (Å²) < 4.78 is 2.13. The Kier molecular flexibility index (Phi) is 8.28. The van der Waals surface area contributed by atoms with E-state index >= 15 is 0 Å². The molecule has 0 spiro atoms. The molecule has 0 saturated heterocycles. The van der Waals surface area contributed by atoms with Crippen LogP contribution in [0.3, 0.4) is 0 Å². The van der Waals surface area contributed by atoms with E-state index < -0.39 is 0 Å². The highest BCUT2D eigenvalue weighted by atomic mass is 35.5. The third-order valence-electron chi connectivity index (χ3n) is 3.19. The molecule has 0 amide bonds. The van der Waals surface area contributed by atoms with Crippen molar-refractivity contribution in [2.75, 3.05) is 0 Å². The van der Waals surface area contributed by atoms with Crippen molar-refractivity contribution in [3.63, 3.8) is 0 Å². The first-order chi connectivity index (χ1) is 9.72. The predicted octanol–water partition coefficient (Wildman–Crippen LogP) is 5.47. The molecule has 2 heterocycles. The lowest BCUT2D eigenvalue weighted by molar-refractivity contribution is 0.591. The lowest BCUT2D eigenvalue weighted by atomic mass is 10.2.